The molecule has 0 bridgehead atoms. The van der Waals surface area contributed by atoms with Crippen LogP contribution in [0.1, 0.15) is 39.5 Å². The van der Waals surface area contributed by atoms with Gasteiger partial charge in [-0.05, 0) is 31.1 Å². The van der Waals surface area contributed by atoms with Crippen molar-refractivity contribution in [1.29, 1.82) is 0 Å². The van der Waals surface area contributed by atoms with Crippen LogP contribution in [0.3, 0.4) is 0 Å². The van der Waals surface area contributed by atoms with Crippen molar-refractivity contribution < 1.29 is 8.42 Å². The quantitative estimate of drug-likeness (QED) is 0.655. The summed E-state index contributed by atoms with van der Waals surface area (Å²) in [4.78, 5) is 0. The zero-order valence-corrected chi connectivity index (χ0v) is 11.6. The van der Waals surface area contributed by atoms with E-state index in [-0.39, 0.29) is 6.04 Å². The van der Waals surface area contributed by atoms with Gasteiger partial charge in [-0.25, -0.2) is 9.44 Å². The van der Waals surface area contributed by atoms with Crippen LogP contribution in [0.4, 0.5) is 0 Å². The largest absolute Gasteiger partial charge is 0.328 e. The summed E-state index contributed by atoms with van der Waals surface area (Å²) < 4.78 is 28.4. The molecule has 1 aliphatic carbocycles. The molecule has 1 saturated carbocycles. The summed E-state index contributed by atoms with van der Waals surface area (Å²) in [5.41, 5.74) is 5.87. The van der Waals surface area contributed by atoms with E-state index in [1.165, 1.54) is 0 Å². The van der Waals surface area contributed by atoms with E-state index in [2.05, 4.69) is 9.44 Å². The summed E-state index contributed by atoms with van der Waals surface area (Å²) in [6, 6.07) is 0.238. The molecule has 0 aliphatic heterocycles. The summed E-state index contributed by atoms with van der Waals surface area (Å²) in [6.45, 7) is 4.92. The van der Waals surface area contributed by atoms with Gasteiger partial charge in [-0.1, -0.05) is 20.3 Å². The van der Waals surface area contributed by atoms with Gasteiger partial charge in [0.2, 0.25) is 0 Å². The fraction of sp³-hybridized carbons (Fsp3) is 1.00. The number of hydrogen-bond acceptors (Lipinski definition) is 3. The minimum Gasteiger partial charge on any atom is -0.328 e. The van der Waals surface area contributed by atoms with Gasteiger partial charge in [-0.3, -0.25) is 0 Å². The molecule has 1 aliphatic rings. The van der Waals surface area contributed by atoms with Crippen molar-refractivity contribution in [1.82, 2.24) is 9.44 Å². The average Bonchev–Trinajstić information content (AvgIpc) is 2.24. The third-order valence-corrected chi connectivity index (χ3v) is 4.16. The van der Waals surface area contributed by atoms with Gasteiger partial charge in [-0.2, -0.15) is 8.42 Å². The third-order valence-electron chi connectivity index (χ3n) is 3.07. The van der Waals surface area contributed by atoms with Crippen LogP contribution in [0.25, 0.3) is 0 Å². The second-order valence-electron chi connectivity index (χ2n) is 5.39. The zero-order chi connectivity index (χ0) is 12.9. The van der Waals surface area contributed by atoms with Crippen LogP contribution < -0.4 is 15.2 Å². The van der Waals surface area contributed by atoms with E-state index in [4.69, 9.17) is 5.73 Å². The number of nitrogens with one attached hydrogen (secondary N) is 2. The van der Waals surface area contributed by atoms with E-state index in [9.17, 15) is 8.42 Å². The summed E-state index contributed by atoms with van der Waals surface area (Å²) in [5, 5.41) is 0. The number of hydrogen-bond donors (Lipinski definition) is 3. The fourth-order valence-corrected chi connectivity index (χ4v) is 3.18. The lowest BCUT2D eigenvalue weighted by molar-refractivity contribution is 0.321. The summed E-state index contributed by atoms with van der Waals surface area (Å²) in [5.74, 6) is 0.698. The topological polar surface area (TPSA) is 84.2 Å². The lowest BCUT2D eigenvalue weighted by Crippen LogP contribution is -2.42. The number of rotatable bonds is 6. The smallest absolute Gasteiger partial charge is 0.276 e. The SMILES string of the molecule is CC(C)CNS(=O)(=O)NCC1CCCC(N)C1. The first-order valence-corrected chi connectivity index (χ1v) is 7.87. The Morgan fingerprint density at radius 2 is 2.00 bits per heavy atom. The summed E-state index contributed by atoms with van der Waals surface area (Å²) >= 11 is 0. The van der Waals surface area contributed by atoms with Crippen molar-refractivity contribution in [2.45, 2.75) is 45.6 Å². The van der Waals surface area contributed by atoms with Crippen LogP contribution in [0.5, 0.6) is 0 Å². The molecule has 6 heteroatoms. The van der Waals surface area contributed by atoms with Gasteiger partial charge >= 0.3 is 0 Å². The second-order valence-corrected chi connectivity index (χ2v) is 6.97. The molecule has 0 aromatic heterocycles. The predicted molar refractivity (Wildman–Crippen MR) is 69.7 cm³/mol. The summed E-state index contributed by atoms with van der Waals surface area (Å²) in [6.07, 6.45) is 4.16. The molecular formula is C11H25N3O2S. The maximum Gasteiger partial charge on any atom is 0.276 e. The van der Waals surface area contributed by atoms with Crippen LogP contribution in [-0.2, 0) is 10.2 Å². The standard InChI is InChI=1S/C11H25N3O2S/c1-9(2)7-13-17(15,16)14-8-10-4-3-5-11(12)6-10/h9-11,13-14H,3-8,12H2,1-2H3. The molecule has 2 unspecified atom stereocenters. The zero-order valence-electron chi connectivity index (χ0n) is 10.8. The molecular weight excluding hydrogens is 238 g/mol. The van der Waals surface area contributed by atoms with Gasteiger partial charge in [0.25, 0.3) is 10.2 Å². The minimum atomic E-state index is -3.33. The minimum absolute atomic E-state index is 0.238. The molecule has 0 saturated heterocycles. The Balaban J connectivity index is 2.28. The molecule has 0 aromatic carbocycles. The molecule has 17 heavy (non-hydrogen) atoms. The fourth-order valence-electron chi connectivity index (χ4n) is 2.07. The Morgan fingerprint density at radius 3 is 2.59 bits per heavy atom. The molecule has 102 valence electrons. The van der Waals surface area contributed by atoms with Crippen molar-refractivity contribution in [2.24, 2.45) is 17.6 Å². The van der Waals surface area contributed by atoms with Crippen molar-refractivity contribution >= 4 is 10.2 Å². The highest BCUT2D eigenvalue weighted by Crippen LogP contribution is 2.22. The van der Waals surface area contributed by atoms with Crippen molar-refractivity contribution in [3.8, 4) is 0 Å². The highest BCUT2D eigenvalue weighted by molar-refractivity contribution is 7.87. The van der Waals surface area contributed by atoms with Crippen LogP contribution in [0, 0.1) is 11.8 Å². The maximum atomic E-state index is 11.6. The predicted octanol–water partition coefficient (Wildman–Crippen LogP) is 0.584. The third kappa shape index (κ3) is 6.35. The first-order chi connectivity index (χ1) is 7.89. The lowest BCUT2D eigenvalue weighted by atomic mass is 9.86. The van der Waals surface area contributed by atoms with Gasteiger partial charge in [-0.15, -0.1) is 0 Å². The van der Waals surface area contributed by atoms with E-state index in [0.29, 0.717) is 24.9 Å². The average molecular weight is 263 g/mol. The molecule has 0 spiro atoms. The molecule has 0 aromatic rings. The Bertz CT molecular complexity index is 317. The molecule has 4 N–H and O–H groups in total. The van der Waals surface area contributed by atoms with Gasteiger partial charge in [0.1, 0.15) is 0 Å². The lowest BCUT2D eigenvalue weighted by Gasteiger charge is -2.26. The van der Waals surface area contributed by atoms with E-state index in [1.807, 2.05) is 13.8 Å². The number of nitrogens with two attached hydrogens (primary N) is 1. The second kappa shape index (κ2) is 6.68. The van der Waals surface area contributed by atoms with E-state index >= 15 is 0 Å². The molecule has 1 rings (SSSR count). The Kier molecular flexibility index (Phi) is 5.85. The van der Waals surface area contributed by atoms with E-state index in [1.54, 1.807) is 0 Å². The molecule has 2 atom stereocenters. The van der Waals surface area contributed by atoms with E-state index < -0.39 is 10.2 Å². The monoisotopic (exact) mass is 263 g/mol. The van der Waals surface area contributed by atoms with Crippen molar-refractivity contribution in [2.75, 3.05) is 13.1 Å². The molecule has 0 amide bonds. The van der Waals surface area contributed by atoms with Crippen LogP contribution in [0.2, 0.25) is 0 Å². The molecule has 1 fully saturated rings. The Labute approximate surface area is 105 Å². The van der Waals surface area contributed by atoms with Crippen molar-refractivity contribution in [3.63, 3.8) is 0 Å². The first-order valence-electron chi connectivity index (χ1n) is 6.39. The maximum absolute atomic E-state index is 11.6. The molecule has 0 radical (unpaired) electrons. The summed E-state index contributed by atoms with van der Waals surface area (Å²) in [7, 11) is -3.33. The van der Waals surface area contributed by atoms with Gasteiger partial charge in [0.05, 0.1) is 0 Å². The van der Waals surface area contributed by atoms with Crippen LogP contribution in [0.15, 0.2) is 0 Å². The van der Waals surface area contributed by atoms with Crippen molar-refractivity contribution in [3.05, 3.63) is 0 Å². The van der Waals surface area contributed by atoms with Gasteiger partial charge < -0.3 is 5.73 Å². The van der Waals surface area contributed by atoms with E-state index in [0.717, 1.165) is 25.7 Å². The highest BCUT2D eigenvalue weighted by Gasteiger charge is 2.20. The van der Waals surface area contributed by atoms with Crippen LogP contribution in [-0.4, -0.2) is 27.5 Å². The molecule has 0 heterocycles. The Hall–Kier alpha value is -0.170. The van der Waals surface area contributed by atoms with Gasteiger partial charge in [0, 0.05) is 19.1 Å². The van der Waals surface area contributed by atoms with Gasteiger partial charge in [0.15, 0.2) is 0 Å². The first kappa shape index (κ1) is 14.9. The Morgan fingerprint density at radius 1 is 1.29 bits per heavy atom. The normalized spacial score (nSPS) is 26.4. The molecule has 5 nitrogen and oxygen atoms in total. The highest BCUT2D eigenvalue weighted by atomic mass is 32.2. The van der Waals surface area contributed by atoms with Crippen LogP contribution >= 0.6 is 0 Å².